The van der Waals surface area contributed by atoms with Crippen molar-refractivity contribution in [1.29, 1.82) is 0 Å². The first-order valence-electron chi connectivity index (χ1n) is 11.4. The van der Waals surface area contributed by atoms with Crippen molar-refractivity contribution in [3.8, 4) is 0 Å². The van der Waals surface area contributed by atoms with Crippen LogP contribution in [-0.4, -0.2) is 44.3 Å². The van der Waals surface area contributed by atoms with E-state index in [4.69, 9.17) is 4.74 Å². The standard InChI is InChI=1S/C24H31N3O3S/c1-31(28,29)22-6-2-17(3-7-22)15-30-16-20-12-23(20)19-8-10-27(11-9-19)24-25-13-21(14-26-24)18-4-5-18/h2-3,6-7,13-14,18-20,23H,4-5,8-12,15-16H2,1H3. The van der Waals surface area contributed by atoms with Gasteiger partial charge in [-0.3, -0.25) is 0 Å². The summed E-state index contributed by atoms with van der Waals surface area (Å²) in [5.41, 5.74) is 2.32. The Morgan fingerprint density at radius 1 is 1.03 bits per heavy atom. The lowest BCUT2D eigenvalue weighted by Crippen LogP contribution is -2.35. The summed E-state index contributed by atoms with van der Waals surface area (Å²) in [7, 11) is -3.14. The third-order valence-corrected chi connectivity index (χ3v) is 8.19. The van der Waals surface area contributed by atoms with Gasteiger partial charge in [-0.05, 0) is 79.0 Å². The van der Waals surface area contributed by atoms with Crippen molar-refractivity contribution in [1.82, 2.24) is 9.97 Å². The zero-order valence-electron chi connectivity index (χ0n) is 18.1. The van der Waals surface area contributed by atoms with Crippen LogP contribution < -0.4 is 4.90 Å². The molecule has 3 aliphatic rings. The average Bonchev–Trinajstić information content (AvgIpc) is 3.69. The van der Waals surface area contributed by atoms with Gasteiger partial charge in [-0.15, -0.1) is 0 Å². The SMILES string of the molecule is CS(=O)(=O)c1ccc(COCC2CC2C2CCN(c3ncc(C4CC4)cn3)CC2)cc1. The molecule has 1 aromatic carbocycles. The monoisotopic (exact) mass is 441 g/mol. The number of nitrogens with zero attached hydrogens (tertiary/aromatic N) is 3. The molecule has 2 saturated carbocycles. The number of rotatable bonds is 8. The maximum atomic E-state index is 11.5. The number of piperidine rings is 1. The minimum Gasteiger partial charge on any atom is -0.376 e. The molecule has 3 fully saturated rings. The summed E-state index contributed by atoms with van der Waals surface area (Å²) in [6.45, 7) is 3.43. The largest absolute Gasteiger partial charge is 0.376 e. The minimum atomic E-state index is -3.14. The molecule has 0 radical (unpaired) electrons. The highest BCUT2D eigenvalue weighted by Gasteiger charge is 2.43. The Bertz CT molecular complexity index is 995. The van der Waals surface area contributed by atoms with Crippen LogP contribution in [0.1, 0.15) is 49.1 Å². The molecule has 7 heteroatoms. The van der Waals surface area contributed by atoms with Crippen molar-refractivity contribution in [2.75, 3.05) is 30.9 Å². The molecule has 0 amide bonds. The summed E-state index contributed by atoms with van der Waals surface area (Å²) in [5, 5.41) is 0. The fraction of sp³-hybridized carbons (Fsp3) is 0.583. The molecule has 0 spiro atoms. The normalized spacial score (nSPS) is 24.4. The minimum absolute atomic E-state index is 0.356. The third kappa shape index (κ3) is 5.09. The summed E-state index contributed by atoms with van der Waals surface area (Å²) < 4.78 is 29.0. The Morgan fingerprint density at radius 2 is 1.71 bits per heavy atom. The lowest BCUT2D eigenvalue weighted by atomic mass is 9.91. The highest BCUT2D eigenvalue weighted by molar-refractivity contribution is 7.90. The van der Waals surface area contributed by atoms with Crippen LogP contribution in [0.5, 0.6) is 0 Å². The Kier molecular flexibility index (Phi) is 5.73. The predicted octanol–water partition coefficient (Wildman–Crippen LogP) is 3.83. The van der Waals surface area contributed by atoms with Crippen LogP contribution in [0.2, 0.25) is 0 Å². The zero-order valence-corrected chi connectivity index (χ0v) is 18.9. The molecule has 2 atom stereocenters. The van der Waals surface area contributed by atoms with Gasteiger partial charge in [0, 0.05) is 31.7 Å². The van der Waals surface area contributed by atoms with E-state index in [2.05, 4.69) is 14.9 Å². The first-order valence-corrected chi connectivity index (χ1v) is 13.3. The second-order valence-electron chi connectivity index (χ2n) is 9.51. The number of hydrogen-bond donors (Lipinski definition) is 0. The summed E-state index contributed by atoms with van der Waals surface area (Å²) >= 11 is 0. The first-order chi connectivity index (χ1) is 15.0. The summed E-state index contributed by atoms with van der Waals surface area (Å²) in [6, 6.07) is 7.00. The third-order valence-electron chi connectivity index (χ3n) is 7.06. The molecular formula is C24H31N3O3S. The Hall–Kier alpha value is -1.99. The molecule has 1 aliphatic heterocycles. The fourth-order valence-electron chi connectivity index (χ4n) is 4.85. The molecule has 2 unspecified atom stereocenters. The van der Waals surface area contributed by atoms with Crippen LogP contribution >= 0.6 is 0 Å². The summed E-state index contributed by atoms with van der Waals surface area (Å²) in [5.74, 6) is 3.83. The molecule has 166 valence electrons. The van der Waals surface area contributed by atoms with E-state index in [-0.39, 0.29) is 0 Å². The molecule has 1 saturated heterocycles. The van der Waals surface area contributed by atoms with Crippen molar-refractivity contribution in [2.24, 2.45) is 17.8 Å². The quantitative estimate of drug-likeness (QED) is 0.620. The lowest BCUT2D eigenvalue weighted by molar-refractivity contribution is 0.104. The smallest absolute Gasteiger partial charge is 0.225 e. The van der Waals surface area contributed by atoms with Crippen molar-refractivity contribution >= 4 is 15.8 Å². The van der Waals surface area contributed by atoms with Crippen molar-refractivity contribution < 1.29 is 13.2 Å². The maximum absolute atomic E-state index is 11.5. The van der Waals surface area contributed by atoms with E-state index in [0.29, 0.717) is 23.3 Å². The van der Waals surface area contributed by atoms with Gasteiger partial charge in [0.05, 0.1) is 18.1 Å². The molecule has 0 bridgehead atoms. The van der Waals surface area contributed by atoms with E-state index in [1.165, 1.54) is 43.9 Å². The van der Waals surface area contributed by atoms with Gasteiger partial charge in [-0.25, -0.2) is 18.4 Å². The van der Waals surface area contributed by atoms with E-state index in [0.717, 1.165) is 43.0 Å². The highest BCUT2D eigenvalue weighted by Crippen LogP contribution is 2.48. The molecule has 6 nitrogen and oxygen atoms in total. The fourth-order valence-corrected chi connectivity index (χ4v) is 5.48. The maximum Gasteiger partial charge on any atom is 0.225 e. The zero-order chi connectivity index (χ0) is 21.4. The molecule has 0 N–H and O–H groups in total. The van der Waals surface area contributed by atoms with E-state index < -0.39 is 9.84 Å². The molecule has 1 aromatic heterocycles. The van der Waals surface area contributed by atoms with E-state index >= 15 is 0 Å². The molecule has 5 rings (SSSR count). The molecule has 2 heterocycles. The number of hydrogen-bond acceptors (Lipinski definition) is 6. The Morgan fingerprint density at radius 3 is 2.32 bits per heavy atom. The van der Waals surface area contributed by atoms with Gasteiger partial charge < -0.3 is 9.64 Å². The number of benzene rings is 1. The van der Waals surface area contributed by atoms with Gasteiger partial charge in [0.2, 0.25) is 5.95 Å². The predicted molar refractivity (Wildman–Crippen MR) is 120 cm³/mol. The van der Waals surface area contributed by atoms with Crippen LogP contribution in [0.15, 0.2) is 41.6 Å². The first kappa shape index (κ1) is 20.9. The van der Waals surface area contributed by atoms with Crippen LogP contribution in [0.4, 0.5) is 5.95 Å². The van der Waals surface area contributed by atoms with Crippen molar-refractivity contribution in [2.45, 2.75) is 49.5 Å². The second-order valence-corrected chi connectivity index (χ2v) is 11.5. The molecular weight excluding hydrogens is 410 g/mol. The lowest BCUT2D eigenvalue weighted by Gasteiger charge is -2.32. The van der Waals surface area contributed by atoms with Crippen LogP contribution in [0, 0.1) is 17.8 Å². The second kappa shape index (κ2) is 8.51. The average molecular weight is 442 g/mol. The highest BCUT2D eigenvalue weighted by atomic mass is 32.2. The van der Waals surface area contributed by atoms with Gasteiger partial charge in [0.15, 0.2) is 9.84 Å². The topological polar surface area (TPSA) is 72.4 Å². The number of sulfone groups is 1. The van der Waals surface area contributed by atoms with E-state index in [1.807, 2.05) is 24.5 Å². The molecule has 31 heavy (non-hydrogen) atoms. The van der Waals surface area contributed by atoms with Crippen LogP contribution in [0.3, 0.4) is 0 Å². The Labute approximate surface area is 185 Å². The van der Waals surface area contributed by atoms with Gasteiger partial charge in [-0.2, -0.15) is 0 Å². The van der Waals surface area contributed by atoms with Gasteiger partial charge in [0.1, 0.15) is 0 Å². The van der Waals surface area contributed by atoms with Gasteiger partial charge >= 0.3 is 0 Å². The number of aromatic nitrogens is 2. The van der Waals surface area contributed by atoms with Crippen LogP contribution in [-0.2, 0) is 21.2 Å². The van der Waals surface area contributed by atoms with E-state index in [1.54, 1.807) is 12.1 Å². The molecule has 2 aromatic rings. The van der Waals surface area contributed by atoms with Crippen LogP contribution in [0.25, 0.3) is 0 Å². The van der Waals surface area contributed by atoms with Crippen molar-refractivity contribution in [3.63, 3.8) is 0 Å². The number of anilines is 1. The Balaban J connectivity index is 1.03. The van der Waals surface area contributed by atoms with Crippen molar-refractivity contribution in [3.05, 3.63) is 47.8 Å². The van der Waals surface area contributed by atoms with Gasteiger partial charge in [-0.1, -0.05) is 12.1 Å². The molecule has 2 aliphatic carbocycles. The van der Waals surface area contributed by atoms with Gasteiger partial charge in [0.25, 0.3) is 0 Å². The number of ether oxygens (including phenoxy) is 1. The summed E-state index contributed by atoms with van der Waals surface area (Å²) in [4.78, 5) is 11.9. The summed E-state index contributed by atoms with van der Waals surface area (Å²) in [6.07, 6.45) is 11.5. The van der Waals surface area contributed by atoms with E-state index in [9.17, 15) is 8.42 Å².